The van der Waals surface area contributed by atoms with Crippen molar-refractivity contribution in [3.63, 3.8) is 0 Å². The second kappa shape index (κ2) is 7.21. The highest BCUT2D eigenvalue weighted by atomic mass is 16.2. The van der Waals surface area contributed by atoms with Gasteiger partial charge in [0.1, 0.15) is 0 Å². The first-order valence-electron chi connectivity index (χ1n) is 7.73. The molecule has 0 unspecified atom stereocenters. The lowest BCUT2D eigenvalue weighted by atomic mass is 10.3. The van der Waals surface area contributed by atoms with Crippen LogP contribution in [0.5, 0.6) is 0 Å². The Bertz CT molecular complexity index is 671. The van der Waals surface area contributed by atoms with Crippen molar-refractivity contribution in [1.82, 2.24) is 25.1 Å². The molecular formula is C17H21N5O. The van der Waals surface area contributed by atoms with E-state index in [9.17, 15) is 4.79 Å². The molecule has 2 aromatic rings. The minimum absolute atomic E-state index is 0.109. The number of piperazine rings is 1. The minimum Gasteiger partial charge on any atom is -0.304 e. The Balaban J connectivity index is 1.55. The Hall–Kier alpha value is -2.44. The maximum absolute atomic E-state index is 12.0. The molecule has 1 saturated heterocycles. The zero-order valence-corrected chi connectivity index (χ0v) is 13.2. The monoisotopic (exact) mass is 311 g/mol. The van der Waals surface area contributed by atoms with Gasteiger partial charge in [-0.15, -0.1) is 0 Å². The van der Waals surface area contributed by atoms with Crippen LogP contribution in [0.15, 0.2) is 48.8 Å². The fraction of sp³-hybridized carbons (Fsp3) is 0.294. The molecule has 0 spiro atoms. The van der Waals surface area contributed by atoms with Crippen LogP contribution >= 0.6 is 0 Å². The van der Waals surface area contributed by atoms with Gasteiger partial charge in [0.25, 0.3) is 5.91 Å². The molecule has 1 fully saturated rings. The zero-order valence-electron chi connectivity index (χ0n) is 13.2. The molecule has 1 aliphatic heterocycles. The van der Waals surface area contributed by atoms with Crippen LogP contribution in [0.25, 0.3) is 11.8 Å². The minimum atomic E-state index is -0.109. The van der Waals surface area contributed by atoms with Crippen LogP contribution in [0, 0.1) is 0 Å². The van der Waals surface area contributed by atoms with Gasteiger partial charge in [0, 0.05) is 44.0 Å². The number of benzene rings is 1. The number of nitrogens with zero attached hydrogens (tertiary/aromatic N) is 4. The fourth-order valence-electron chi connectivity index (χ4n) is 2.43. The average Bonchev–Trinajstić information content (AvgIpc) is 3.05. The standard InChI is InChI=1S/C17H21N5O/c1-20-9-11-21(12-10-20)19-17(23)8-7-15-13-18-22(14-15)16-5-3-2-4-6-16/h2-8,13-14H,9-12H2,1H3,(H,19,23)/b8-7+. The fourth-order valence-corrected chi connectivity index (χ4v) is 2.43. The summed E-state index contributed by atoms with van der Waals surface area (Å²) in [5.41, 5.74) is 4.79. The van der Waals surface area contributed by atoms with E-state index < -0.39 is 0 Å². The predicted octanol–water partition coefficient (Wildman–Crippen LogP) is 1.16. The van der Waals surface area contributed by atoms with Gasteiger partial charge >= 0.3 is 0 Å². The first-order valence-corrected chi connectivity index (χ1v) is 7.73. The molecule has 2 heterocycles. The van der Waals surface area contributed by atoms with Gasteiger partial charge in [-0.2, -0.15) is 5.10 Å². The van der Waals surface area contributed by atoms with Crippen LogP contribution in [0.2, 0.25) is 0 Å². The lowest BCUT2D eigenvalue weighted by Gasteiger charge is -2.31. The number of likely N-dealkylation sites (N-methyl/N-ethyl adjacent to an activating group) is 1. The number of nitrogens with one attached hydrogen (secondary N) is 1. The maximum atomic E-state index is 12.0. The van der Waals surface area contributed by atoms with Gasteiger partial charge in [-0.3, -0.25) is 10.2 Å². The van der Waals surface area contributed by atoms with Crippen molar-refractivity contribution in [1.29, 1.82) is 0 Å². The number of rotatable bonds is 4. The van der Waals surface area contributed by atoms with E-state index in [-0.39, 0.29) is 5.91 Å². The lowest BCUT2D eigenvalue weighted by molar-refractivity contribution is -0.121. The van der Waals surface area contributed by atoms with E-state index >= 15 is 0 Å². The van der Waals surface area contributed by atoms with Crippen molar-refractivity contribution in [2.24, 2.45) is 0 Å². The number of hydrogen-bond acceptors (Lipinski definition) is 4. The number of para-hydroxylation sites is 1. The summed E-state index contributed by atoms with van der Waals surface area (Å²) in [5.74, 6) is -0.109. The molecule has 0 saturated carbocycles. The van der Waals surface area contributed by atoms with E-state index in [1.165, 1.54) is 0 Å². The summed E-state index contributed by atoms with van der Waals surface area (Å²) in [4.78, 5) is 14.2. The van der Waals surface area contributed by atoms with Crippen molar-refractivity contribution in [2.75, 3.05) is 33.2 Å². The molecule has 6 nitrogen and oxygen atoms in total. The van der Waals surface area contributed by atoms with Crippen LogP contribution in [-0.2, 0) is 4.79 Å². The number of carbonyl (C=O) groups excluding carboxylic acids is 1. The van der Waals surface area contributed by atoms with Crippen LogP contribution in [0.1, 0.15) is 5.56 Å². The topological polar surface area (TPSA) is 53.4 Å². The molecule has 0 atom stereocenters. The van der Waals surface area contributed by atoms with Gasteiger partial charge in [0.15, 0.2) is 0 Å². The van der Waals surface area contributed by atoms with Crippen LogP contribution in [0.3, 0.4) is 0 Å². The maximum Gasteiger partial charge on any atom is 0.258 e. The van der Waals surface area contributed by atoms with Crippen molar-refractivity contribution < 1.29 is 4.79 Å². The van der Waals surface area contributed by atoms with Gasteiger partial charge in [0.05, 0.1) is 11.9 Å². The van der Waals surface area contributed by atoms with Gasteiger partial charge in [-0.1, -0.05) is 18.2 Å². The zero-order chi connectivity index (χ0) is 16.1. The SMILES string of the molecule is CN1CCN(NC(=O)/C=C/c2cnn(-c3ccccc3)c2)CC1. The van der Waals surface area contributed by atoms with E-state index in [1.54, 1.807) is 23.0 Å². The highest BCUT2D eigenvalue weighted by Crippen LogP contribution is 2.08. The van der Waals surface area contributed by atoms with Crippen LogP contribution < -0.4 is 5.43 Å². The molecule has 0 bridgehead atoms. The quantitative estimate of drug-likeness (QED) is 0.861. The van der Waals surface area contributed by atoms with E-state index in [0.29, 0.717) is 0 Å². The normalized spacial score (nSPS) is 16.7. The van der Waals surface area contributed by atoms with Crippen LogP contribution in [0.4, 0.5) is 0 Å². The number of hydrogen-bond donors (Lipinski definition) is 1. The lowest BCUT2D eigenvalue weighted by Crippen LogP contribution is -2.52. The molecule has 1 aromatic heterocycles. The second-order valence-electron chi connectivity index (χ2n) is 5.65. The van der Waals surface area contributed by atoms with Gasteiger partial charge in [0.2, 0.25) is 0 Å². The Kier molecular flexibility index (Phi) is 4.85. The summed E-state index contributed by atoms with van der Waals surface area (Å²) >= 11 is 0. The molecule has 0 radical (unpaired) electrons. The molecule has 3 rings (SSSR count). The highest BCUT2D eigenvalue weighted by molar-refractivity contribution is 5.91. The highest BCUT2D eigenvalue weighted by Gasteiger charge is 2.14. The summed E-state index contributed by atoms with van der Waals surface area (Å²) in [7, 11) is 2.09. The van der Waals surface area contributed by atoms with Gasteiger partial charge in [-0.25, -0.2) is 9.69 Å². The third-order valence-corrected chi connectivity index (χ3v) is 3.82. The molecule has 1 aromatic carbocycles. The molecule has 1 amide bonds. The number of carbonyl (C=O) groups is 1. The third-order valence-electron chi connectivity index (χ3n) is 3.82. The summed E-state index contributed by atoms with van der Waals surface area (Å²) < 4.78 is 1.79. The Labute approximate surface area is 136 Å². The van der Waals surface area contributed by atoms with E-state index in [1.807, 2.05) is 41.5 Å². The van der Waals surface area contributed by atoms with E-state index in [2.05, 4.69) is 22.5 Å². The van der Waals surface area contributed by atoms with Gasteiger partial charge in [-0.05, 0) is 25.3 Å². The Morgan fingerprint density at radius 2 is 1.91 bits per heavy atom. The smallest absolute Gasteiger partial charge is 0.258 e. The second-order valence-corrected chi connectivity index (χ2v) is 5.65. The largest absolute Gasteiger partial charge is 0.304 e. The predicted molar refractivity (Wildman–Crippen MR) is 89.8 cm³/mol. The number of aromatic nitrogens is 2. The van der Waals surface area contributed by atoms with E-state index in [4.69, 9.17) is 0 Å². The molecule has 1 aliphatic rings. The summed E-state index contributed by atoms with van der Waals surface area (Å²) in [6.07, 6.45) is 6.96. The number of hydrazine groups is 1. The molecule has 6 heteroatoms. The summed E-state index contributed by atoms with van der Waals surface area (Å²) in [5, 5.41) is 6.26. The molecule has 0 aliphatic carbocycles. The molecule has 120 valence electrons. The Morgan fingerprint density at radius 3 is 2.65 bits per heavy atom. The van der Waals surface area contributed by atoms with Crippen LogP contribution in [-0.4, -0.2) is 58.8 Å². The average molecular weight is 311 g/mol. The Morgan fingerprint density at radius 1 is 1.17 bits per heavy atom. The number of amides is 1. The van der Waals surface area contributed by atoms with Crippen molar-refractivity contribution in [2.45, 2.75) is 0 Å². The van der Waals surface area contributed by atoms with E-state index in [0.717, 1.165) is 37.4 Å². The summed E-state index contributed by atoms with van der Waals surface area (Å²) in [6.45, 7) is 3.63. The first-order chi connectivity index (χ1) is 11.2. The van der Waals surface area contributed by atoms with Crippen molar-refractivity contribution in [3.8, 4) is 5.69 Å². The molecule has 23 heavy (non-hydrogen) atoms. The third kappa shape index (κ3) is 4.28. The van der Waals surface area contributed by atoms with Crippen molar-refractivity contribution in [3.05, 3.63) is 54.4 Å². The van der Waals surface area contributed by atoms with Gasteiger partial charge < -0.3 is 4.90 Å². The summed E-state index contributed by atoms with van der Waals surface area (Å²) in [6, 6.07) is 9.88. The molecular weight excluding hydrogens is 290 g/mol. The van der Waals surface area contributed by atoms with Crippen molar-refractivity contribution >= 4 is 12.0 Å². The molecule has 1 N–H and O–H groups in total. The first kappa shape index (κ1) is 15.5.